The third-order valence-electron chi connectivity index (χ3n) is 1.66. The van der Waals surface area contributed by atoms with Gasteiger partial charge in [0.05, 0.1) is 20.7 Å². The van der Waals surface area contributed by atoms with Crippen molar-refractivity contribution in [1.82, 2.24) is 0 Å². The van der Waals surface area contributed by atoms with E-state index in [1.54, 1.807) is 0 Å². The topological polar surface area (TPSA) is 17.1 Å². The lowest BCUT2D eigenvalue weighted by atomic mass is 10.2. The van der Waals surface area contributed by atoms with E-state index in [1.165, 1.54) is 0 Å². The molecular formula is C8H4BrClOS. The molecule has 0 radical (unpaired) electrons. The summed E-state index contributed by atoms with van der Waals surface area (Å²) in [6.07, 6.45) is 0. The van der Waals surface area contributed by atoms with E-state index in [1.807, 2.05) is 24.3 Å². The molecule has 1 nitrogen and oxygen atoms in total. The molecule has 1 aliphatic heterocycles. The average molecular weight is 264 g/mol. The van der Waals surface area contributed by atoms with E-state index in [0.717, 1.165) is 10.5 Å². The largest absolute Gasteiger partial charge is 0.248 e. The summed E-state index contributed by atoms with van der Waals surface area (Å²) in [5.41, 5.74) is 0.865. The van der Waals surface area contributed by atoms with Gasteiger partial charge in [-0.15, -0.1) is 0 Å². The molecule has 1 aliphatic rings. The quantitative estimate of drug-likeness (QED) is 0.703. The van der Waals surface area contributed by atoms with Crippen LogP contribution < -0.4 is 0 Å². The molecule has 0 N–H and O–H groups in total. The second-order valence-electron chi connectivity index (χ2n) is 2.35. The van der Waals surface area contributed by atoms with E-state index in [2.05, 4.69) is 15.9 Å². The fourth-order valence-corrected chi connectivity index (χ4v) is 3.30. The summed E-state index contributed by atoms with van der Waals surface area (Å²) in [5, 5.41) is 0.559. The Morgan fingerprint density at radius 2 is 2.00 bits per heavy atom. The Labute approximate surface area is 86.0 Å². The van der Waals surface area contributed by atoms with E-state index in [4.69, 9.17) is 11.6 Å². The molecule has 0 saturated heterocycles. The SMILES string of the molecule is O=S1C(Br)=C(Cl)c2ccccc21. The summed E-state index contributed by atoms with van der Waals surface area (Å²) in [7, 11) is -1.11. The molecule has 0 bridgehead atoms. The number of benzene rings is 1. The van der Waals surface area contributed by atoms with Gasteiger partial charge < -0.3 is 0 Å². The van der Waals surface area contributed by atoms with Crippen LogP contribution in [0.2, 0.25) is 0 Å². The molecule has 62 valence electrons. The van der Waals surface area contributed by atoms with Gasteiger partial charge >= 0.3 is 0 Å². The van der Waals surface area contributed by atoms with Crippen molar-refractivity contribution in [2.24, 2.45) is 0 Å². The fourth-order valence-electron chi connectivity index (χ4n) is 1.09. The lowest BCUT2D eigenvalue weighted by Crippen LogP contribution is -1.84. The van der Waals surface area contributed by atoms with Crippen molar-refractivity contribution in [2.45, 2.75) is 4.90 Å². The molecule has 1 atom stereocenters. The summed E-state index contributed by atoms with van der Waals surface area (Å²) in [6.45, 7) is 0. The van der Waals surface area contributed by atoms with Gasteiger partial charge in [0.2, 0.25) is 0 Å². The van der Waals surface area contributed by atoms with Crippen LogP contribution in [0, 0.1) is 0 Å². The lowest BCUT2D eigenvalue weighted by molar-refractivity contribution is 0.688. The maximum atomic E-state index is 11.5. The van der Waals surface area contributed by atoms with Gasteiger partial charge in [0.25, 0.3) is 0 Å². The highest BCUT2D eigenvalue weighted by Gasteiger charge is 2.24. The number of hydrogen-bond donors (Lipinski definition) is 0. The summed E-state index contributed by atoms with van der Waals surface area (Å²) in [4.78, 5) is 0.786. The molecular weight excluding hydrogens is 260 g/mol. The summed E-state index contributed by atoms with van der Waals surface area (Å²) in [5.74, 6) is 0. The Balaban J connectivity index is 2.73. The molecule has 0 fully saturated rings. The molecule has 0 aliphatic carbocycles. The molecule has 12 heavy (non-hydrogen) atoms. The van der Waals surface area contributed by atoms with E-state index < -0.39 is 10.8 Å². The third kappa shape index (κ3) is 1.08. The molecule has 0 amide bonds. The first kappa shape index (κ1) is 8.48. The van der Waals surface area contributed by atoms with E-state index >= 15 is 0 Å². The first-order valence-electron chi connectivity index (χ1n) is 3.28. The van der Waals surface area contributed by atoms with Crippen LogP contribution in [0.3, 0.4) is 0 Å². The zero-order valence-electron chi connectivity index (χ0n) is 5.88. The minimum Gasteiger partial charge on any atom is -0.248 e. The van der Waals surface area contributed by atoms with Crippen molar-refractivity contribution in [1.29, 1.82) is 0 Å². The maximum absolute atomic E-state index is 11.5. The van der Waals surface area contributed by atoms with Crippen LogP contribution in [-0.2, 0) is 10.8 Å². The predicted octanol–water partition coefficient (Wildman–Crippen LogP) is 3.07. The summed E-state index contributed by atoms with van der Waals surface area (Å²) >= 11 is 9.13. The van der Waals surface area contributed by atoms with Crippen LogP contribution in [-0.4, -0.2) is 4.21 Å². The van der Waals surface area contributed by atoms with E-state index in [0.29, 0.717) is 8.85 Å². The van der Waals surface area contributed by atoms with Gasteiger partial charge in [0.15, 0.2) is 0 Å². The zero-order valence-corrected chi connectivity index (χ0v) is 9.04. The minimum absolute atomic E-state index is 0.559. The van der Waals surface area contributed by atoms with Crippen LogP contribution in [0.1, 0.15) is 5.56 Å². The van der Waals surface area contributed by atoms with Gasteiger partial charge in [0.1, 0.15) is 3.81 Å². The summed E-state index contributed by atoms with van der Waals surface area (Å²) < 4.78 is 12.1. The van der Waals surface area contributed by atoms with Crippen molar-refractivity contribution in [3.05, 3.63) is 33.6 Å². The Hall–Kier alpha value is -0.120. The van der Waals surface area contributed by atoms with Gasteiger partial charge in [-0.25, -0.2) is 4.21 Å². The predicted molar refractivity (Wildman–Crippen MR) is 54.6 cm³/mol. The lowest BCUT2D eigenvalue weighted by Gasteiger charge is -1.94. The monoisotopic (exact) mass is 262 g/mol. The number of halogens is 2. The van der Waals surface area contributed by atoms with E-state index in [-0.39, 0.29) is 0 Å². The number of fused-ring (bicyclic) bond motifs is 1. The molecule has 4 heteroatoms. The Bertz CT molecular complexity index is 400. The number of rotatable bonds is 0. The van der Waals surface area contributed by atoms with E-state index in [9.17, 15) is 4.21 Å². The maximum Gasteiger partial charge on any atom is 0.106 e. The highest BCUT2D eigenvalue weighted by atomic mass is 79.9. The van der Waals surface area contributed by atoms with Crippen LogP contribution in [0.5, 0.6) is 0 Å². The Morgan fingerprint density at radius 1 is 1.33 bits per heavy atom. The van der Waals surface area contributed by atoms with Crippen LogP contribution >= 0.6 is 27.5 Å². The summed E-state index contributed by atoms with van der Waals surface area (Å²) in [6, 6.07) is 7.42. The first-order chi connectivity index (χ1) is 5.72. The van der Waals surface area contributed by atoms with Gasteiger partial charge in [0, 0.05) is 5.56 Å². The Morgan fingerprint density at radius 3 is 2.67 bits per heavy atom. The van der Waals surface area contributed by atoms with Crippen molar-refractivity contribution < 1.29 is 4.21 Å². The zero-order chi connectivity index (χ0) is 8.72. The van der Waals surface area contributed by atoms with Crippen molar-refractivity contribution in [3.8, 4) is 0 Å². The highest BCUT2D eigenvalue weighted by molar-refractivity contribution is 9.13. The second kappa shape index (κ2) is 2.98. The number of hydrogen-bond acceptors (Lipinski definition) is 1. The van der Waals surface area contributed by atoms with Gasteiger partial charge in [-0.05, 0) is 22.0 Å². The average Bonchev–Trinajstić information content (AvgIpc) is 2.33. The Kier molecular flexibility index (Phi) is 2.10. The molecule has 0 spiro atoms. The van der Waals surface area contributed by atoms with Crippen LogP contribution in [0.15, 0.2) is 33.0 Å². The minimum atomic E-state index is -1.11. The van der Waals surface area contributed by atoms with Gasteiger partial charge in [-0.1, -0.05) is 29.8 Å². The third-order valence-corrected chi connectivity index (χ3v) is 4.96. The second-order valence-corrected chi connectivity index (χ2v) is 5.43. The van der Waals surface area contributed by atoms with Crippen molar-refractivity contribution in [2.75, 3.05) is 0 Å². The smallest absolute Gasteiger partial charge is 0.106 e. The highest BCUT2D eigenvalue weighted by Crippen LogP contribution is 2.41. The molecule has 2 rings (SSSR count). The molecule has 0 aromatic heterocycles. The standard InChI is InChI=1S/C8H4BrClOS/c9-8-7(10)5-3-1-2-4-6(5)12(8)11/h1-4H. The molecule has 1 heterocycles. The fraction of sp³-hybridized carbons (Fsp3) is 0. The molecule has 0 saturated carbocycles. The molecule has 1 aromatic carbocycles. The van der Waals surface area contributed by atoms with Crippen molar-refractivity contribution in [3.63, 3.8) is 0 Å². The van der Waals surface area contributed by atoms with Gasteiger partial charge in [-0.2, -0.15) is 0 Å². The molecule has 1 unspecified atom stereocenters. The van der Waals surface area contributed by atoms with Gasteiger partial charge in [-0.3, -0.25) is 0 Å². The first-order valence-corrected chi connectivity index (χ1v) is 5.60. The van der Waals surface area contributed by atoms with Crippen LogP contribution in [0.25, 0.3) is 5.03 Å². The normalized spacial score (nSPS) is 21.3. The molecule has 1 aromatic rings. The van der Waals surface area contributed by atoms with Crippen molar-refractivity contribution >= 4 is 43.4 Å². The van der Waals surface area contributed by atoms with Crippen LogP contribution in [0.4, 0.5) is 0 Å².